The average Bonchev–Trinajstić information content (AvgIpc) is 3.01. The molecule has 0 aromatic rings. The van der Waals surface area contributed by atoms with Crippen molar-refractivity contribution in [3.8, 4) is 0 Å². The van der Waals surface area contributed by atoms with Gasteiger partial charge in [-0.3, -0.25) is 4.79 Å². The van der Waals surface area contributed by atoms with Gasteiger partial charge in [0.15, 0.2) is 0 Å². The highest BCUT2D eigenvalue weighted by Crippen LogP contribution is 2.67. The molecule has 0 spiro atoms. The molecule has 2 saturated carbocycles. The molecule has 6 nitrogen and oxygen atoms in total. The zero-order valence-corrected chi connectivity index (χ0v) is 15.7. The van der Waals surface area contributed by atoms with E-state index >= 15 is 0 Å². The summed E-state index contributed by atoms with van der Waals surface area (Å²) in [5.74, 6) is -0.708. The van der Waals surface area contributed by atoms with Crippen molar-refractivity contribution < 1.29 is 29.3 Å². The number of carbonyl (C=O) groups excluding carboxylic acids is 2. The highest BCUT2D eigenvalue weighted by atomic mass is 16.6. The molecule has 0 radical (unpaired) electrons. The van der Waals surface area contributed by atoms with E-state index in [0.717, 1.165) is 19.3 Å². The van der Waals surface area contributed by atoms with Crippen LogP contribution in [0.4, 0.5) is 0 Å². The molecular formula is C20H28O6. The van der Waals surface area contributed by atoms with Crippen LogP contribution in [0.25, 0.3) is 0 Å². The molecule has 2 aliphatic heterocycles. The van der Waals surface area contributed by atoms with Crippen molar-refractivity contribution >= 4 is 11.9 Å². The lowest BCUT2D eigenvalue weighted by Gasteiger charge is -2.61. The van der Waals surface area contributed by atoms with Gasteiger partial charge in [0.2, 0.25) is 6.29 Å². The second-order valence-corrected chi connectivity index (χ2v) is 9.18. The van der Waals surface area contributed by atoms with E-state index in [1.54, 1.807) is 0 Å². The number of rotatable bonds is 3. The van der Waals surface area contributed by atoms with E-state index in [1.807, 2.05) is 13.8 Å². The number of hydrogen-bond acceptors (Lipinski definition) is 6. The minimum Gasteiger partial charge on any atom is -0.462 e. The topological polar surface area (TPSA) is 93.1 Å². The molecule has 6 heteroatoms. The van der Waals surface area contributed by atoms with Gasteiger partial charge in [0, 0.05) is 23.0 Å². The molecule has 144 valence electrons. The molecule has 1 saturated heterocycles. The van der Waals surface area contributed by atoms with Gasteiger partial charge in [-0.25, -0.2) is 4.79 Å². The Morgan fingerprint density at radius 1 is 1.23 bits per heavy atom. The first kappa shape index (κ1) is 18.0. The zero-order valence-electron chi connectivity index (χ0n) is 15.7. The van der Waals surface area contributed by atoms with Gasteiger partial charge >= 0.3 is 11.9 Å². The minimum absolute atomic E-state index is 0.00202. The van der Waals surface area contributed by atoms with Gasteiger partial charge in [-0.05, 0) is 44.9 Å². The Morgan fingerprint density at radius 2 is 1.96 bits per heavy atom. The summed E-state index contributed by atoms with van der Waals surface area (Å²) in [5.41, 5.74) is -1.45. The first-order valence-corrected chi connectivity index (χ1v) is 9.64. The Hall–Kier alpha value is -1.40. The van der Waals surface area contributed by atoms with Crippen molar-refractivity contribution in [2.45, 2.75) is 77.3 Å². The second kappa shape index (κ2) is 5.55. The van der Waals surface area contributed by atoms with Gasteiger partial charge in [-0.15, -0.1) is 0 Å². The first-order valence-electron chi connectivity index (χ1n) is 9.64. The van der Waals surface area contributed by atoms with E-state index in [2.05, 4.69) is 6.92 Å². The molecule has 2 N–H and O–H groups in total. The molecule has 2 aliphatic carbocycles. The van der Waals surface area contributed by atoms with Gasteiger partial charge in [0.05, 0.1) is 11.0 Å². The molecule has 4 aliphatic rings. The van der Waals surface area contributed by atoms with Crippen LogP contribution < -0.4 is 0 Å². The van der Waals surface area contributed by atoms with Crippen LogP contribution in [0, 0.1) is 22.7 Å². The third kappa shape index (κ3) is 2.18. The first-order chi connectivity index (χ1) is 12.1. The monoisotopic (exact) mass is 364 g/mol. The van der Waals surface area contributed by atoms with E-state index < -0.39 is 28.7 Å². The van der Waals surface area contributed by atoms with Crippen LogP contribution in [-0.2, 0) is 19.1 Å². The maximum absolute atomic E-state index is 12.6. The third-order valence-electron chi connectivity index (χ3n) is 7.89. The summed E-state index contributed by atoms with van der Waals surface area (Å²) < 4.78 is 10.5. The van der Waals surface area contributed by atoms with Crippen LogP contribution in [0.2, 0.25) is 0 Å². The Bertz CT molecular complexity index is 686. The van der Waals surface area contributed by atoms with E-state index in [9.17, 15) is 19.8 Å². The third-order valence-corrected chi connectivity index (χ3v) is 7.89. The lowest BCUT2D eigenvalue weighted by molar-refractivity contribution is -0.218. The molecule has 0 aromatic heterocycles. The van der Waals surface area contributed by atoms with E-state index in [-0.39, 0.29) is 23.9 Å². The Kier molecular flexibility index (Phi) is 3.84. The standard InChI is InChI=1S/C20H28O6/c1-11-9-13-15-18(2,17(23)25-13)6-4-7-19(15,3)20(11,24)8-5-12-10-14(21)26-16(12)22/h10-11,13,15-16,22,24H,4-9H2,1-3H3/t11-,13-,15+,16+,18+,19-,20+/m1/s1. The summed E-state index contributed by atoms with van der Waals surface area (Å²) in [7, 11) is 0. The van der Waals surface area contributed by atoms with Gasteiger partial charge < -0.3 is 19.7 Å². The molecule has 26 heavy (non-hydrogen) atoms. The summed E-state index contributed by atoms with van der Waals surface area (Å²) in [5, 5.41) is 21.7. The van der Waals surface area contributed by atoms with E-state index in [0.29, 0.717) is 24.8 Å². The number of hydrogen-bond donors (Lipinski definition) is 2. The number of aliphatic hydroxyl groups excluding tert-OH is 1. The van der Waals surface area contributed by atoms with Crippen molar-refractivity contribution in [1.82, 2.24) is 0 Å². The molecule has 2 heterocycles. The van der Waals surface area contributed by atoms with Crippen LogP contribution in [0.3, 0.4) is 0 Å². The fourth-order valence-electron chi connectivity index (χ4n) is 6.51. The molecule has 4 rings (SSSR count). The number of aliphatic hydroxyl groups is 2. The Balaban J connectivity index is 1.66. The molecule has 0 bridgehead atoms. The predicted octanol–water partition coefficient (Wildman–Crippen LogP) is 2.08. The number of cyclic esters (lactones) is 1. The van der Waals surface area contributed by atoms with Crippen molar-refractivity contribution in [3.05, 3.63) is 11.6 Å². The van der Waals surface area contributed by atoms with Crippen molar-refractivity contribution in [3.63, 3.8) is 0 Å². The Morgan fingerprint density at radius 3 is 2.62 bits per heavy atom. The van der Waals surface area contributed by atoms with Crippen LogP contribution in [0.1, 0.15) is 59.3 Å². The molecule has 0 aromatic carbocycles. The van der Waals surface area contributed by atoms with Crippen LogP contribution in [-0.4, -0.2) is 40.1 Å². The van der Waals surface area contributed by atoms with Crippen molar-refractivity contribution in [1.29, 1.82) is 0 Å². The maximum atomic E-state index is 12.6. The fraction of sp³-hybridized carbons (Fsp3) is 0.800. The van der Waals surface area contributed by atoms with Crippen LogP contribution in [0.15, 0.2) is 11.6 Å². The summed E-state index contributed by atoms with van der Waals surface area (Å²) in [6.07, 6.45) is 3.98. The van der Waals surface area contributed by atoms with Crippen LogP contribution in [0.5, 0.6) is 0 Å². The highest BCUT2D eigenvalue weighted by Gasteiger charge is 2.71. The smallest absolute Gasteiger partial charge is 0.333 e. The Labute approximate surface area is 153 Å². The zero-order chi connectivity index (χ0) is 18.9. The normalized spacial score (nSPS) is 50.1. The lowest BCUT2D eigenvalue weighted by Crippen LogP contribution is -2.65. The molecular weight excluding hydrogens is 336 g/mol. The summed E-state index contributed by atoms with van der Waals surface area (Å²) in [6.45, 7) is 6.10. The number of carbonyl (C=O) groups is 2. The second-order valence-electron chi connectivity index (χ2n) is 9.18. The van der Waals surface area contributed by atoms with E-state index in [1.165, 1.54) is 6.08 Å². The minimum atomic E-state index is -1.21. The van der Waals surface area contributed by atoms with E-state index in [4.69, 9.17) is 9.47 Å². The molecule has 3 fully saturated rings. The fourth-order valence-corrected chi connectivity index (χ4v) is 6.51. The molecule has 7 atom stereocenters. The largest absolute Gasteiger partial charge is 0.462 e. The maximum Gasteiger partial charge on any atom is 0.333 e. The molecule has 0 amide bonds. The molecule has 0 unspecified atom stereocenters. The average molecular weight is 364 g/mol. The lowest BCUT2D eigenvalue weighted by atomic mass is 9.44. The highest BCUT2D eigenvalue weighted by molar-refractivity contribution is 5.85. The van der Waals surface area contributed by atoms with Crippen molar-refractivity contribution in [2.24, 2.45) is 22.7 Å². The van der Waals surface area contributed by atoms with Gasteiger partial charge in [0.1, 0.15) is 6.10 Å². The SMILES string of the molecule is C[C@@H]1C[C@H]2OC(=O)[C@@]3(C)CCC[C@](C)([C@@H]23)[C@]1(O)CCC1=CC(=O)O[C@@H]1O. The van der Waals surface area contributed by atoms with Gasteiger partial charge in [-0.1, -0.05) is 20.3 Å². The van der Waals surface area contributed by atoms with Gasteiger partial charge in [-0.2, -0.15) is 0 Å². The number of esters is 2. The van der Waals surface area contributed by atoms with Crippen LogP contribution >= 0.6 is 0 Å². The summed E-state index contributed by atoms with van der Waals surface area (Å²) in [6, 6.07) is 0. The van der Waals surface area contributed by atoms with Crippen molar-refractivity contribution in [2.75, 3.05) is 0 Å². The van der Waals surface area contributed by atoms with Gasteiger partial charge in [0.25, 0.3) is 0 Å². The summed E-state index contributed by atoms with van der Waals surface area (Å²) >= 11 is 0. The predicted molar refractivity (Wildman–Crippen MR) is 91.6 cm³/mol. The number of ether oxygens (including phenoxy) is 2. The quantitative estimate of drug-likeness (QED) is 0.745. The summed E-state index contributed by atoms with van der Waals surface area (Å²) in [4.78, 5) is 23.9.